The first-order valence-electron chi connectivity index (χ1n) is 8.38. The molecule has 0 unspecified atom stereocenters. The van der Waals surface area contributed by atoms with Crippen molar-refractivity contribution in [3.63, 3.8) is 0 Å². The Hall–Kier alpha value is -2.89. The number of nitrogens with one attached hydrogen (secondary N) is 1. The summed E-state index contributed by atoms with van der Waals surface area (Å²) in [5.41, 5.74) is 1.12. The standard InChI is InChI=1S/C21H16Cl2N2O3/c1-12-18(20(27)24-16-7-3-14(22)4-8-16)11-19(13(2)26)21(28)25(12)17-9-5-15(23)6-10-17/h3-11H,1-2H3,(H,24,27). The summed E-state index contributed by atoms with van der Waals surface area (Å²) in [5.74, 6) is -0.863. The fourth-order valence-corrected chi connectivity index (χ4v) is 3.07. The first kappa shape index (κ1) is 19.9. The molecule has 1 heterocycles. The van der Waals surface area contributed by atoms with E-state index in [1.807, 2.05) is 0 Å². The van der Waals surface area contributed by atoms with E-state index in [-0.39, 0.29) is 11.1 Å². The van der Waals surface area contributed by atoms with E-state index in [9.17, 15) is 14.4 Å². The lowest BCUT2D eigenvalue weighted by molar-refractivity contribution is 0.101. The van der Waals surface area contributed by atoms with Crippen molar-refractivity contribution in [2.45, 2.75) is 13.8 Å². The van der Waals surface area contributed by atoms with Crippen LogP contribution in [0.2, 0.25) is 10.0 Å². The number of anilines is 1. The summed E-state index contributed by atoms with van der Waals surface area (Å²) in [6, 6.07) is 14.5. The highest BCUT2D eigenvalue weighted by molar-refractivity contribution is 6.30. The smallest absolute Gasteiger partial charge is 0.266 e. The first-order valence-corrected chi connectivity index (χ1v) is 9.14. The van der Waals surface area contributed by atoms with Gasteiger partial charge < -0.3 is 5.32 Å². The number of Topliss-reactive ketones (excluding diaryl/α,β-unsaturated/α-hetero) is 1. The molecule has 5 nitrogen and oxygen atoms in total. The average Bonchev–Trinajstić information content (AvgIpc) is 2.65. The summed E-state index contributed by atoms with van der Waals surface area (Å²) in [6.45, 7) is 2.94. The van der Waals surface area contributed by atoms with Gasteiger partial charge in [0.05, 0.1) is 11.1 Å². The summed E-state index contributed by atoms with van der Waals surface area (Å²) in [5, 5.41) is 3.81. The van der Waals surface area contributed by atoms with Crippen LogP contribution in [0.15, 0.2) is 59.4 Å². The van der Waals surface area contributed by atoms with E-state index < -0.39 is 17.2 Å². The number of carbonyl (C=O) groups excluding carboxylic acids is 2. The minimum atomic E-state index is -0.490. The van der Waals surface area contributed by atoms with Crippen LogP contribution in [-0.2, 0) is 0 Å². The molecular weight excluding hydrogens is 399 g/mol. The zero-order valence-corrected chi connectivity index (χ0v) is 16.6. The van der Waals surface area contributed by atoms with Crippen molar-refractivity contribution in [1.29, 1.82) is 0 Å². The van der Waals surface area contributed by atoms with Crippen LogP contribution >= 0.6 is 23.2 Å². The fourth-order valence-electron chi connectivity index (χ4n) is 2.82. The van der Waals surface area contributed by atoms with Crippen molar-refractivity contribution in [3.05, 3.63) is 91.8 Å². The third kappa shape index (κ3) is 4.01. The molecule has 1 amide bonds. The van der Waals surface area contributed by atoms with Crippen molar-refractivity contribution < 1.29 is 9.59 Å². The van der Waals surface area contributed by atoms with Crippen LogP contribution in [0.5, 0.6) is 0 Å². The molecule has 1 aromatic heterocycles. The van der Waals surface area contributed by atoms with Gasteiger partial charge in [0.1, 0.15) is 0 Å². The van der Waals surface area contributed by atoms with Gasteiger partial charge in [0.25, 0.3) is 11.5 Å². The minimum absolute atomic E-state index is 0.0678. The number of halogens is 2. The molecule has 7 heteroatoms. The normalized spacial score (nSPS) is 10.6. The molecule has 0 aliphatic rings. The number of carbonyl (C=O) groups is 2. The van der Waals surface area contributed by atoms with Gasteiger partial charge in [0, 0.05) is 27.1 Å². The number of pyridine rings is 1. The van der Waals surface area contributed by atoms with Crippen LogP contribution < -0.4 is 10.9 Å². The predicted molar refractivity (Wildman–Crippen MR) is 111 cm³/mol. The van der Waals surface area contributed by atoms with Crippen LogP contribution in [0.4, 0.5) is 5.69 Å². The maximum absolute atomic E-state index is 12.9. The molecule has 3 aromatic rings. The second-order valence-electron chi connectivity index (χ2n) is 6.19. The van der Waals surface area contributed by atoms with E-state index >= 15 is 0 Å². The van der Waals surface area contributed by atoms with Gasteiger partial charge in [-0.1, -0.05) is 23.2 Å². The second-order valence-corrected chi connectivity index (χ2v) is 7.06. The molecule has 3 rings (SSSR count). The maximum Gasteiger partial charge on any atom is 0.266 e. The van der Waals surface area contributed by atoms with Crippen LogP contribution in [0.1, 0.15) is 33.3 Å². The summed E-state index contributed by atoms with van der Waals surface area (Å²) in [6.07, 6.45) is 0. The summed E-state index contributed by atoms with van der Waals surface area (Å²) in [7, 11) is 0. The lowest BCUT2D eigenvalue weighted by atomic mass is 10.1. The maximum atomic E-state index is 12.9. The molecule has 0 atom stereocenters. The van der Waals surface area contributed by atoms with E-state index in [0.29, 0.717) is 27.1 Å². The molecule has 1 N–H and O–H groups in total. The number of hydrogen-bond acceptors (Lipinski definition) is 3. The second kappa shape index (κ2) is 8.00. The number of aromatic nitrogens is 1. The van der Waals surface area contributed by atoms with Gasteiger partial charge in [-0.25, -0.2) is 0 Å². The Morgan fingerprint density at radius 1 is 0.893 bits per heavy atom. The number of benzene rings is 2. The summed E-state index contributed by atoms with van der Waals surface area (Å²) in [4.78, 5) is 37.7. The third-order valence-corrected chi connectivity index (χ3v) is 4.76. The number of rotatable bonds is 4. The van der Waals surface area contributed by atoms with Crippen LogP contribution in [0.3, 0.4) is 0 Å². The van der Waals surface area contributed by atoms with Gasteiger partial charge in [-0.15, -0.1) is 0 Å². The lowest BCUT2D eigenvalue weighted by Gasteiger charge is -2.16. The number of hydrogen-bond donors (Lipinski definition) is 1. The Balaban J connectivity index is 2.14. The SMILES string of the molecule is CC(=O)c1cc(C(=O)Nc2ccc(Cl)cc2)c(C)n(-c2ccc(Cl)cc2)c1=O. The highest BCUT2D eigenvalue weighted by Crippen LogP contribution is 2.19. The molecule has 28 heavy (non-hydrogen) atoms. The van der Waals surface area contributed by atoms with Crippen molar-refractivity contribution in [3.8, 4) is 5.69 Å². The average molecular weight is 415 g/mol. The molecule has 2 aromatic carbocycles. The van der Waals surface area contributed by atoms with Gasteiger partial charge in [-0.05, 0) is 68.4 Å². The Labute approximate surface area is 171 Å². The topological polar surface area (TPSA) is 68.2 Å². The number of ketones is 1. The van der Waals surface area contributed by atoms with Crippen LogP contribution in [0, 0.1) is 6.92 Å². The monoisotopic (exact) mass is 414 g/mol. The minimum Gasteiger partial charge on any atom is -0.322 e. The highest BCUT2D eigenvalue weighted by atomic mass is 35.5. The van der Waals surface area contributed by atoms with E-state index in [1.165, 1.54) is 17.6 Å². The quantitative estimate of drug-likeness (QED) is 0.616. The Morgan fingerprint density at radius 3 is 1.96 bits per heavy atom. The lowest BCUT2D eigenvalue weighted by Crippen LogP contribution is -2.29. The van der Waals surface area contributed by atoms with Crippen LogP contribution in [-0.4, -0.2) is 16.3 Å². The molecule has 0 saturated carbocycles. The fraction of sp³-hybridized carbons (Fsp3) is 0.0952. The van der Waals surface area contributed by atoms with Gasteiger partial charge in [0.15, 0.2) is 5.78 Å². The van der Waals surface area contributed by atoms with Crippen LogP contribution in [0.25, 0.3) is 5.69 Å². The van der Waals surface area contributed by atoms with E-state index in [1.54, 1.807) is 55.5 Å². The molecule has 0 bridgehead atoms. The predicted octanol–water partition coefficient (Wildman–Crippen LogP) is 4.91. The van der Waals surface area contributed by atoms with Crippen molar-refractivity contribution in [1.82, 2.24) is 4.57 Å². The highest BCUT2D eigenvalue weighted by Gasteiger charge is 2.20. The van der Waals surface area contributed by atoms with Gasteiger partial charge >= 0.3 is 0 Å². The van der Waals surface area contributed by atoms with Gasteiger partial charge in [-0.2, -0.15) is 0 Å². The van der Waals surface area contributed by atoms with Crippen molar-refractivity contribution in [2.75, 3.05) is 5.32 Å². The first-order chi connectivity index (χ1) is 13.3. The Morgan fingerprint density at radius 2 is 1.43 bits per heavy atom. The van der Waals surface area contributed by atoms with Gasteiger partial charge in [0.2, 0.25) is 0 Å². The number of nitrogens with zero attached hydrogens (tertiary/aromatic N) is 1. The van der Waals surface area contributed by atoms with E-state index in [4.69, 9.17) is 23.2 Å². The molecule has 0 aliphatic heterocycles. The molecule has 0 aliphatic carbocycles. The Kier molecular flexibility index (Phi) is 5.68. The molecule has 0 spiro atoms. The number of amides is 1. The third-order valence-electron chi connectivity index (χ3n) is 4.26. The van der Waals surface area contributed by atoms with E-state index in [0.717, 1.165) is 0 Å². The molecule has 0 fully saturated rings. The van der Waals surface area contributed by atoms with Gasteiger partial charge in [-0.3, -0.25) is 19.0 Å². The molecule has 142 valence electrons. The Bertz CT molecular complexity index is 1120. The summed E-state index contributed by atoms with van der Waals surface area (Å²) < 4.78 is 1.34. The molecule has 0 radical (unpaired) electrons. The molecular formula is C21H16Cl2N2O3. The van der Waals surface area contributed by atoms with E-state index in [2.05, 4.69) is 5.32 Å². The zero-order chi connectivity index (χ0) is 20.4. The largest absolute Gasteiger partial charge is 0.322 e. The molecule has 0 saturated heterocycles. The van der Waals surface area contributed by atoms with Crippen molar-refractivity contribution >= 4 is 40.6 Å². The summed E-state index contributed by atoms with van der Waals surface area (Å²) >= 11 is 11.8. The zero-order valence-electron chi connectivity index (χ0n) is 15.1. The van der Waals surface area contributed by atoms with Crippen molar-refractivity contribution in [2.24, 2.45) is 0 Å².